The number of rotatable bonds is 2. The third-order valence-electron chi connectivity index (χ3n) is 3.98. The molecule has 0 N–H and O–H groups in total. The molecular weight excluding hydrogens is 274 g/mol. The zero-order chi connectivity index (χ0) is 15.7. The van der Waals surface area contributed by atoms with Crippen LogP contribution in [-0.2, 0) is 9.53 Å². The minimum absolute atomic E-state index is 0.193. The van der Waals surface area contributed by atoms with Crippen LogP contribution in [0.25, 0.3) is 0 Å². The largest absolute Gasteiger partial charge is 0.453 e. The third kappa shape index (κ3) is 2.40. The van der Waals surface area contributed by atoms with E-state index in [-0.39, 0.29) is 11.9 Å². The van der Waals surface area contributed by atoms with Crippen LogP contribution < -0.4 is 0 Å². The summed E-state index contributed by atoms with van der Waals surface area (Å²) >= 11 is 0. The minimum atomic E-state index is -0.393. The van der Waals surface area contributed by atoms with Gasteiger partial charge in [-0.15, -0.1) is 0 Å². The molecule has 3 nitrogen and oxygen atoms in total. The van der Waals surface area contributed by atoms with Gasteiger partial charge in [0.15, 0.2) is 0 Å². The van der Waals surface area contributed by atoms with Crippen LogP contribution in [0.3, 0.4) is 0 Å². The molecular formula is C19H15NO2. The smallest absolute Gasteiger partial charge is 0.334 e. The molecule has 1 saturated heterocycles. The van der Waals surface area contributed by atoms with Crippen molar-refractivity contribution in [3.63, 3.8) is 0 Å². The van der Waals surface area contributed by atoms with Gasteiger partial charge in [-0.25, -0.2) is 4.79 Å². The van der Waals surface area contributed by atoms with Gasteiger partial charge in [-0.2, -0.15) is 5.26 Å². The molecule has 3 heteroatoms. The van der Waals surface area contributed by atoms with Gasteiger partial charge in [0.2, 0.25) is 0 Å². The van der Waals surface area contributed by atoms with E-state index in [1.54, 1.807) is 12.1 Å². The monoisotopic (exact) mass is 289 g/mol. The van der Waals surface area contributed by atoms with Crippen LogP contribution >= 0.6 is 0 Å². The number of esters is 1. The maximum Gasteiger partial charge on any atom is 0.334 e. The van der Waals surface area contributed by atoms with Crippen LogP contribution in [0.1, 0.15) is 34.3 Å². The molecule has 108 valence electrons. The first-order valence-electron chi connectivity index (χ1n) is 7.06. The highest BCUT2D eigenvalue weighted by Gasteiger charge is 2.40. The first kappa shape index (κ1) is 14.1. The molecule has 1 aliphatic heterocycles. The first-order valence-corrected chi connectivity index (χ1v) is 7.06. The van der Waals surface area contributed by atoms with E-state index in [2.05, 4.69) is 12.6 Å². The van der Waals surface area contributed by atoms with Gasteiger partial charge in [0.05, 0.1) is 17.6 Å². The van der Waals surface area contributed by atoms with Crippen molar-refractivity contribution in [1.82, 2.24) is 0 Å². The van der Waals surface area contributed by atoms with Gasteiger partial charge >= 0.3 is 5.97 Å². The number of benzene rings is 2. The quantitative estimate of drug-likeness (QED) is 0.624. The molecule has 0 radical (unpaired) electrons. The topological polar surface area (TPSA) is 50.1 Å². The zero-order valence-corrected chi connectivity index (χ0v) is 12.2. The molecule has 0 aromatic heterocycles. The Labute approximate surface area is 129 Å². The van der Waals surface area contributed by atoms with Crippen molar-refractivity contribution < 1.29 is 9.53 Å². The highest BCUT2D eigenvalue weighted by Crippen LogP contribution is 2.45. The van der Waals surface area contributed by atoms with Gasteiger partial charge in [-0.05, 0) is 30.2 Å². The van der Waals surface area contributed by atoms with Crippen LogP contribution in [0.5, 0.6) is 0 Å². The molecule has 22 heavy (non-hydrogen) atoms. The SMILES string of the molecule is C=C1C(=O)O[C@H](c2ccc(C#N)cc2)[C@@H]1c1ccc(C)cc1. The predicted octanol–water partition coefficient (Wildman–Crippen LogP) is 3.80. The van der Waals surface area contributed by atoms with Crippen LogP contribution in [-0.4, -0.2) is 5.97 Å². The van der Waals surface area contributed by atoms with E-state index < -0.39 is 6.10 Å². The Hall–Kier alpha value is -2.86. The fraction of sp³-hybridized carbons (Fsp3) is 0.158. The summed E-state index contributed by atoms with van der Waals surface area (Å²) < 4.78 is 5.51. The third-order valence-corrected chi connectivity index (χ3v) is 3.98. The standard InChI is InChI=1S/C19H15NO2/c1-12-3-7-15(8-4-12)17-13(2)19(21)22-18(17)16-9-5-14(11-20)6-10-16/h3-10,17-18H,2H2,1H3/t17-,18+/m0/s1. The lowest BCUT2D eigenvalue weighted by Gasteiger charge is -2.18. The van der Waals surface area contributed by atoms with Crippen molar-refractivity contribution >= 4 is 5.97 Å². The van der Waals surface area contributed by atoms with Gasteiger partial charge in [-0.1, -0.05) is 48.5 Å². The molecule has 1 heterocycles. The lowest BCUT2D eigenvalue weighted by molar-refractivity contribution is -0.139. The van der Waals surface area contributed by atoms with Crippen molar-refractivity contribution in [3.8, 4) is 6.07 Å². The van der Waals surface area contributed by atoms with E-state index in [1.165, 1.54) is 0 Å². The summed E-state index contributed by atoms with van der Waals surface area (Å²) in [7, 11) is 0. The Bertz CT molecular complexity index is 767. The molecule has 0 bridgehead atoms. The number of nitrogens with zero attached hydrogens (tertiary/aromatic N) is 1. The summed E-state index contributed by atoms with van der Waals surface area (Å²) in [6, 6.07) is 17.2. The van der Waals surface area contributed by atoms with E-state index in [9.17, 15) is 4.79 Å². The van der Waals surface area contributed by atoms with Crippen LogP contribution in [0.4, 0.5) is 0 Å². The summed E-state index contributed by atoms with van der Waals surface area (Å²) in [5.74, 6) is -0.555. The number of cyclic esters (lactones) is 1. The summed E-state index contributed by atoms with van der Waals surface area (Å²) in [6.45, 7) is 5.92. The Morgan fingerprint density at radius 3 is 2.23 bits per heavy atom. The second-order valence-corrected chi connectivity index (χ2v) is 5.47. The summed E-state index contributed by atoms with van der Waals surface area (Å²) in [4.78, 5) is 12.0. The Balaban J connectivity index is 2.01. The lowest BCUT2D eigenvalue weighted by Crippen LogP contribution is -2.07. The Kier molecular flexibility index (Phi) is 3.52. The maximum atomic E-state index is 12.0. The average molecular weight is 289 g/mol. The highest BCUT2D eigenvalue weighted by atomic mass is 16.6. The van der Waals surface area contributed by atoms with Crippen LogP contribution in [0, 0.1) is 18.3 Å². The molecule has 0 unspecified atom stereocenters. The van der Waals surface area contributed by atoms with Crippen LogP contribution in [0.2, 0.25) is 0 Å². The fourth-order valence-electron chi connectivity index (χ4n) is 2.73. The molecule has 0 amide bonds. The lowest BCUT2D eigenvalue weighted by atomic mass is 9.85. The first-order chi connectivity index (χ1) is 10.6. The highest BCUT2D eigenvalue weighted by molar-refractivity contribution is 5.92. The Morgan fingerprint density at radius 2 is 1.64 bits per heavy atom. The Morgan fingerprint density at radius 1 is 1.05 bits per heavy atom. The van der Waals surface area contributed by atoms with Crippen molar-refractivity contribution in [2.45, 2.75) is 18.9 Å². The van der Waals surface area contributed by atoms with E-state index in [0.29, 0.717) is 11.1 Å². The number of aryl methyl sites for hydroxylation is 1. The molecule has 0 spiro atoms. The van der Waals surface area contributed by atoms with E-state index in [0.717, 1.165) is 16.7 Å². The van der Waals surface area contributed by atoms with E-state index in [1.807, 2.05) is 43.3 Å². The molecule has 3 rings (SSSR count). The number of carbonyl (C=O) groups is 1. The number of hydrogen-bond donors (Lipinski definition) is 0. The molecule has 2 atom stereocenters. The number of hydrogen-bond acceptors (Lipinski definition) is 3. The second kappa shape index (κ2) is 5.50. The van der Waals surface area contributed by atoms with Crippen molar-refractivity contribution in [2.24, 2.45) is 0 Å². The van der Waals surface area contributed by atoms with Gasteiger partial charge in [-0.3, -0.25) is 0 Å². The van der Waals surface area contributed by atoms with E-state index >= 15 is 0 Å². The van der Waals surface area contributed by atoms with Gasteiger partial charge < -0.3 is 4.74 Å². The van der Waals surface area contributed by atoms with Gasteiger partial charge in [0.1, 0.15) is 6.10 Å². The van der Waals surface area contributed by atoms with Gasteiger partial charge in [0, 0.05) is 5.57 Å². The number of carbonyl (C=O) groups excluding carboxylic acids is 1. The number of nitriles is 1. The average Bonchev–Trinajstić information content (AvgIpc) is 2.84. The van der Waals surface area contributed by atoms with Crippen LogP contribution in [0.15, 0.2) is 60.7 Å². The fourth-order valence-corrected chi connectivity index (χ4v) is 2.73. The van der Waals surface area contributed by atoms with Crippen molar-refractivity contribution in [1.29, 1.82) is 5.26 Å². The summed E-state index contributed by atoms with van der Waals surface area (Å²) in [6.07, 6.45) is -0.393. The molecule has 2 aromatic rings. The predicted molar refractivity (Wildman–Crippen MR) is 83.1 cm³/mol. The summed E-state index contributed by atoms with van der Waals surface area (Å²) in [5, 5.41) is 8.88. The van der Waals surface area contributed by atoms with E-state index in [4.69, 9.17) is 10.00 Å². The normalized spacial score (nSPS) is 20.5. The number of ether oxygens (including phenoxy) is 1. The molecule has 2 aromatic carbocycles. The van der Waals surface area contributed by atoms with Gasteiger partial charge in [0.25, 0.3) is 0 Å². The second-order valence-electron chi connectivity index (χ2n) is 5.47. The van der Waals surface area contributed by atoms with Crippen molar-refractivity contribution in [3.05, 3.63) is 82.9 Å². The molecule has 0 saturated carbocycles. The minimum Gasteiger partial charge on any atom is -0.453 e. The van der Waals surface area contributed by atoms with Crippen molar-refractivity contribution in [2.75, 3.05) is 0 Å². The molecule has 0 aliphatic carbocycles. The maximum absolute atomic E-state index is 12.0. The summed E-state index contributed by atoms with van der Waals surface area (Å²) in [5.41, 5.74) is 4.10. The molecule has 1 aliphatic rings. The zero-order valence-electron chi connectivity index (χ0n) is 12.2. The molecule has 1 fully saturated rings.